The van der Waals surface area contributed by atoms with Crippen LogP contribution in [-0.2, 0) is 9.53 Å². The molecule has 0 aliphatic heterocycles. The summed E-state index contributed by atoms with van der Waals surface area (Å²) in [6.07, 6.45) is 6.44. The van der Waals surface area contributed by atoms with E-state index in [4.69, 9.17) is 4.74 Å². The van der Waals surface area contributed by atoms with Crippen molar-refractivity contribution in [1.82, 2.24) is 15.2 Å². The number of nitrogens with zero attached hydrogens (tertiary/aromatic N) is 2. The van der Waals surface area contributed by atoms with Crippen LogP contribution in [0.5, 0.6) is 0 Å². The fraction of sp³-hybridized carbons (Fsp3) is 0.800. The van der Waals surface area contributed by atoms with E-state index in [1.807, 2.05) is 6.92 Å². The van der Waals surface area contributed by atoms with E-state index in [-0.39, 0.29) is 17.3 Å². The van der Waals surface area contributed by atoms with Gasteiger partial charge in [-0.2, -0.15) is 0 Å². The van der Waals surface area contributed by atoms with Crippen LogP contribution >= 0.6 is 11.8 Å². The Labute approximate surface area is 130 Å². The molecule has 0 aromatic carbocycles. The lowest BCUT2D eigenvalue weighted by Gasteiger charge is -2.23. The molecule has 0 amide bonds. The zero-order valence-corrected chi connectivity index (χ0v) is 13.9. The molecule has 21 heavy (non-hydrogen) atoms. The molecule has 1 unspecified atom stereocenters. The van der Waals surface area contributed by atoms with Crippen LogP contribution in [0.15, 0.2) is 5.16 Å². The smallest absolute Gasteiger partial charge is 0.319 e. The number of H-pyrrole nitrogens is 1. The maximum Gasteiger partial charge on any atom is 0.319 e. The van der Waals surface area contributed by atoms with Crippen molar-refractivity contribution in [3.8, 4) is 0 Å². The molecular formula is C15H25N3O2S. The number of hydrogen-bond donors (Lipinski definition) is 1. The van der Waals surface area contributed by atoms with Gasteiger partial charge in [-0.05, 0) is 32.1 Å². The van der Waals surface area contributed by atoms with Crippen molar-refractivity contribution in [2.24, 2.45) is 0 Å². The van der Waals surface area contributed by atoms with Crippen LogP contribution in [-0.4, -0.2) is 32.5 Å². The van der Waals surface area contributed by atoms with Gasteiger partial charge in [0.2, 0.25) is 5.16 Å². The summed E-state index contributed by atoms with van der Waals surface area (Å²) < 4.78 is 5.65. The van der Waals surface area contributed by atoms with E-state index >= 15 is 0 Å². The first kappa shape index (κ1) is 16.3. The van der Waals surface area contributed by atoms with Gasteiger partial charge >= 0.3 is 5.97 Å². The fourth-order valence-electron chi connectivity index (χ4n) is 2.42. The van der Waals surface area contributed by atoms with Crippen molar-refractivity contribution in [2.45, 2.75) is 81.7 Å². The van der Waals surface area contributed by atoms with Crippen molar-refractivity contribution in [1.29, 1.82) is 0 Å². The summed E-state index contributed by atoms with van der Waals surface area (Å²) in [4.78, 5) is 16.7. The lowest BCUT2D eigenvalue weighted by molar-refractivity contribution is -0.149. The highest BCUT2D eigenvalue weighted by molar-refractivity contribution is 8.00. The molecule has 1 aromatic rings. The van der Waals surface area contributed by atoms with Gasteiger partial charge in [0.25, 0.3) is 0 Å². The second-order valence-electron chi connectivity index (χ2n) is 5.87. The Balaban J connectivity index is 1.89. The highest BCUT2D eigenvalue weighted by atomic mass is 32.2. The van der Waals surface area contributed by atoms with E-state index in [1.54, 1.807) is 0 Å². The number of rotatable bonds is 6. The Morgan fingerprint density at radius 1 is 1.38 bits per heavy atom. The molecule has 1 aliphatic carbocycles. The molecule has 0 saturated heterocycles. The maximum atomic E-state index is 12.3. The molecule has 6 heteroatoms. The van der Waals surface area contributed by atoms with Gasteiger partial charge in [-0.1, -0.05) is 39.0 Å². The maximum absolute atomic E-state index is 12.3. The number of aromatic nitrogens is 3. The van der Waals surface area contributed by atoms with Gasteiger partial charge in [0.05, 0.1) is 0 Å². The zero-order valence-electron chi connectivity index (χ0n) is 13.1. The molecule has 1 aromatic heterocycles. The molecule has 118 valence electrons. The standard InChI is InChI=1S/C15H25N3O2S/c1-4-12(14(19)20-11-8-6-5-7-9-11)21-15-16-13(10(2)3)17-18-15/h10-12H,4-9H2,1-3H3,(H,16,17,18). The quantitative estimate of drug-likeness (QED) is 0.641. The summed E-state index contributed by atoms with van der Waals surface area (Å²) >= 11 is 1.40. The molecule has 1 N–H and O–H groups in total. The van der Waals surface area contributed by atoms with Gasteiger partial charge in [0.1, 0.15) is 17.2 Å². The third-order valence-corrected chi connectivity index (χ3v) is 4.95. The van der Waals surface area contributed by atoms with Crippen LogP contribution in [0.2, 0.25) is 0 Å². The number of carbonyl (C=O) groups excluding carboxylic acids is 1. The lowest BCUT2D eigenvalue weighted by Crippen LogP contribution is -2.27. The molecule has 0 spiro atoms. The molecule has 1 fully saturated rings. The number of nitrogens with one attached hydrogen (secondary N) is 1. The van der Waals surface area contributed by atoms with Gasteiger partial charge in [-0.15, -0.1) is 5.10 Å². The molecule has 1 aliphatic rings. The second kappa shape index (κ2) is 7.82. The normalized spacial score (nSPS) is 17.9. The number of hydrogen-bond acceptors (Lipinski definition) is 5. The first-order valence-electron chi connectivity index (χ1n) is 7.89. The number of aromatic amines is 1. The molecule has 0 radical (unpaired) electrons. The number of esters is 1. The highest BCUT2D eigenvalue weighted by Crippen LogP contribution is 2.27. The molecule has 1 saturated carbocycles. The molecule has 0 bridgehead atoms. The monoisotopic (exact) mass is 311 g/mol. The Hall–Kier alpha value is -1.04. The van der Waals surface area contributed by atoms with Gasteiger partial charge in [0.15, 0.2) is 0 Å². The van der Waals surface area contributed by atoms with Crippen molar-refractivity contribution >= 4 is 17.7 Å². The Bertz CT molecular complexity index is 456. The van der Waals surface area contributed by atoms with E-state index in [1.165, 1.54) is 31.0 Å². The molecule has 1 heterocycles. The van der Waals surface area contributed by atoms with E-state index in [2.05, 4.69) is 29.0 Å². The third-order valence-electron chi connectivity index (χ3n) is 3.75. The first-order chi connectivity index (χ1) is 10.1. The SMILES string of the molecule is CCC(Sc1n[nH]c(C(C)C)n1)C(=O)OC1CCCCC1. The average Bonchev–Trinajstić information content (AvgIpc) is 2.94. The number of ether oxygens (including phenoxy) is 1. The highest BCUT2D eigenvalue weighted by Gasteiger charge is 2.25. The average molecular weight is 311 g/mol. The van der Waals surface area contributed by atoms with E-state index in [9.17, 15) is 4.79 Å². The van der Waals surface area contributed by atoms with Gasteiger partial charge in [0, 0.05) is 5.92 Å². The molecule has 5 nitrogen and oxygen atoms in total. The topological polar surface area (TPSA) is 67.9 Å². The van der Waals surface area contributed by atoms with E-state index in [0.29, 0.717) is 11.1 Å². The first-order valence-corrected chi connectivity index (χ1v) is 8.77. The van der Waals surface area contributed by atoms with E-state index < -0.39 is 0 Å². The predicted molar refractivity (Wildman–Crippen MR) is 83.4 cm³/mol. The summed E-state index contributed by atoms with van der Waals surface area (Å²) in [5, 5.41) is 7.51. The molecular weight excluding hydrogens is 286 g/mol. The molecule has 1 atom stereocenters. The predicted octanol–water partition coefficient (Wildman–Crippen LogP) is 3.67. The van der Waals surface area contributed by atoms with Crippen molar-refractivity contribution < 1.29 is 9.53 Å². The Kier molecular flexibility index (Phi) is 6.08. The number of thioether (sulfide) groups is 1. The van der Waals surface area contributed by atoms with Gasteiger partial charge < -0.3 is 4.74 Å². The summed E-state index contributed by atoms with van der Waals surface area (Å²) in [6, 6.07) is 0. The van der Waals surface area contributed by atoms with Crippen LogP contribution in [0, 0.1) is 0 Å². The zero-order chi connectivity index (χ0) is 15.2. The minimum atomic E-state index is -0.220. The van der Waals surface area contributed by atoms with E-state index in [0.717, 1.165) is 25.1 Å². The summed E-state index contributed by atoms with van der Waals surface area (Å²) in [6.45, 7) is 6.11. The number of carbonyl (C=O) groups is 1. The van der Waals surface area contributed by atoms with Crippen LogP contribution in [0.4, 0.5) is 0 Å². The largest absolute Gasteiger partial charge is 0.462 e. The summed E-state index contributed by atoms with van der Waals surface area (Å²) in [5.41, 5.74) is 0. The Morgan fingerprint density at radius 3 is 2.67 bits per heavy atom. The van der Waals surface area contributed by atoms with Crippen LogP contribution < -0.4 is 0 Å². The molecule has 2 rings (SSSR count). The van der Waals surface area contributed by atoms with Gasteiger partial charge in [-0.25, -0.2) is 4.98 Å². The minimum absolute atomic E-state index is 0.110. The van der Waals surface area contributed by atoms with Crippen molar-refractivity contribution in [3.63, 3.8) is 0 Å². The lowest BCUT2D eigenvalue weighted by atomic mass is 9.98. The third kappa shape index (κ3) is 4.73. The van der Waals surface area contributed by atoms with Crippen molar-refractivity contribution in [2.75, 3.05) is 0 Å². The van der Waals surface area contributed by atoms with Crippen LogP contribution in [0.25, 0.3) is 0 Å². The summed E-state index contributed by atoms with van der Waals surface area (Å²) in [5.74, 6) is 1.04. The fourth-order valence-corrected chi connectivity index (χ4v) is 3.24. The minimum Gasteiger partial charge on any atom is -0.462 e. The Morgan fingerprint density at radius 2 is 2.10 bits per heavy atom. The van der Waals surface area contributed by atoms with Gasteiger partial charge in [-0.3, -0.25) is 9.89 Å². The van der Waals surface area contributed by atoms with Crippen LogP contribution in [0.3, 0.4) is 0 Å². The van der Waals surface area contributed by atoms with Crippen LogP contribution in [0.1, 0.15) is 71.0 Å². The second-order valence-corrected chi connectivity index (χ2v) is 7.04. The summed E-state index contributed by atoms with van der Waals surface area (Å²) in [7, 11) is 0. The van der Waals surface area contributed by atoms with Crippen molar-refractivity contribution in [3.05, 3.63) is 5.82 Å².